The summed E-state index contributed by atoms with van der Waals surface area (Å²) < 4.78 is 66.4. The van der Waals surface area contributed by atoms with Crippen molar-refractivity contribution < 1.29 is 46.8 Å². The van der Waals surface area contributed by atoms with Crippen molar-refractivity contribution in [2.75, 3.05) is 66.0 Å². The van der Waals surface area contributed by atoms with Gasteiger partial charge in [0, 0.05) is 57.6 Å². The number of rotatable bonds is 24. The van der Waals surface area contributed by atoms with Crippen LogP contribution in [0.5, 0.6) is 11.5 Å². The van der Waals surface area contributed by atoms with Crippen LogP contribution in [-0.4, -0.2) is 102 Å². The predicted octanol–water partition coefficient (Wildman–Crippen LogP) is 9.99. The summed E-state index contributed by atoms with van der Waals surface area (Å²) in [7, 11) is 0. The molecule has 6 rings (SSSR count). The van der Waals surface area contributed by atoms with E-state index in [2.05, 4.69) is 55.8 Å². The van der Waals surface area contributed by atoms with Gasteiger partial charge in [-0.2, -0.15) is 10.5 Å². The van der Waals surface area contributed by atoms with Crippen LogP contribution in [0.1, 0.15) is 87.9 Å². The van der Waals surface area contributed by atoms with Gasteiger partial charge < -0.3 is 44.4 Å². The van der Waals surface area contributed by atoms with E-state index < -0.39 is 51.8 Å². The minimum Gasteiger partial charge on any atom is -0.491 e. The molecule has 0 bridgehead atoms. The third kappa shape index (κ3) is 13.6. The zero-order chi connectivity index (χ0) is 53.1. The van der Waals surface area contributed by atoms with Crippen molar-refractivity contribution in [1.82, 2.24) is 16.0 Å². The van der Waals surface area contributed by atoms with Crippen LogP contribution < -0.4 is 25.4 Å². The zero-order valence-electron chi connectivity index (χ0n) is 42.2. The fourth-order valence-corrected chi connectivity index (χ4v) is 11.0. The van der Waals surface area contributed by atoms with Gasteiger partial charge in [0.2, 0.25) is 5.91 Å². The van der Waals surface area contributed by atoms with E-state index in [1.807, 2.05) is 20.8 Å². The zero-order valence-corrected chi connectivity index (χ0v) is 44.5. The second-order valence-corrected chi connectivity index (χ2v) is 21.9. The lowest BCUT2D eigenvalue weighted by atomic mass is 9.49. The molecule has 0 radical (unpaired) electrons. The largest absolute Gasteiger partial charge is 0.491 e. The molecule has 18 heteroatoms. The molecule has 1 heterocycles. The standard InChI is InChI=1S/C55H64Cl3F2N5O8/c1-52(2,3)31-44-55(33-62,40-18-14-36(56)29-43(40)59)45(39-9-8-10-41(57)46(39)60)47(64-44)49(67)63-19-20-68-21-22-69-23-24-70-25-26-71-27-28-72-37-15-11-34(12-16-37)48(66)65-50-53(4,5)51(54(50,6)7)73-38-17-13-35(32-61)42(58)30-38/h8-18,29-30,44-45,47,50-51,64H,19-28,31H2,1-7H3,(H,63,67)(H,65,66)/t44-,45-,47?,50-,51-,55-/m0/s1. The number of carbonyl (C=O) groups excluding carboxylic acids is 2. The minimum atomic E-state index is -1.72. The molecule has 4 atom stereocenters. The molecular formula is C55H64Cl3F2N5O8. The first-order valence-electron chi connectivity index (χ1n) is 24.2. The molecule has 4 aromatic carbocycles. The molecule has 2 amide bonds. The summed E-state index contributed by atoms with van der Waals surface area (Å²) in [4.78, 5) is 27.3. The molecule has 0 spiro atoms. The van der Waals surface area contributed by atoms with E-state index in [0.29, 0.717) is 73.7 Å². The Bertz CT molecular complexity index is 2620. The van der Waals surface area contributed by atoms with E-state index in [9.17, 15) is 20.1 Å². The molecule has 4 aromatic rings. The smallest absolute Gasteiger partial charge is 0.251 e. The van der Waals surface area contributed by atoms with Gasteiger partial charge in [-0.1, -0.05) is 101 Å². The van der Waals surface area contributed by atoms with Gasteiger partial charge in [-0.3, -0.25) is 9.59 Å². The SMILES string of the molecule is CC(C)(C)C[C@@H]1NC(C(=O)NCCOCCOCCOCCOCCOc2ccc(C(=O)N[C@H]3C(C)(C)[C@H](Oc4ccc(C#N)c(Cl)c4)C3(C)C)cc2)[C@H](c2cccc(Cl)c2F)[C@@]1(C#N)c1ccc(Cl)cc1F. The van der Waals surface area contributed by atoms with Crippen LogP contribution in [-0.2, 0) is 29.2 Å². The fraction of sp³-hybridized carbons (Fsp3) is 0.491. The summed E-state index contributed by atoms with van der Waals surface area (Å²) in [6.45, 7) is 16.9. The van der Waals surface area contributed by atoms with Crippen LogP contribution in [0.25, 0.3) is 0 Å². The third-order valence-corrected chi connectivity index (χ3v) is 14.3. The van der Waals surface area contributed by atoms with Crippen LogP contribution in [0.15, 0.2) is 78.9 Å². The van der Waals surface area contributed by atoms with Crippen molar-refractivity contribution in [1.29, 1.82) is 10.5 Å². The summed E-state index contributed by atoms with van der Waals surface area (Å²) in [5.41, 5.74) is -1.98. The molecule has 1 unspecified atom stereocenters. The highest BCUT2D eigenvalue weighted by Gasteiger charge is 2.64. The molecule has 3 N–H and O–H groups in total. The highest BCUT2D eigenvalue weighted by atomic mass is 35.5. The van der Waals surface area contributed by atoms with Gasteiger partial charge in [-0.05, 0) is 72.0 Å². The minimum absolute atomic E-state index is 0.00462. The Morgan fingerprint density at radius 1 is 0.753 bits per heavy atom. The van der Waals surface area contributed by atoms with Crippen LogP contribution >= 0.6 is 34.8 Å². The molecule has 2 aliphatic rings. The molecule has 392 valence electrons. The van der Waals surface area contributed by atoms with Crippen molar-refractivity contribution >= 4 is 46.6 Å². The normalized spacial score (nSPS) is 21.9. The maximum atomic E-state index is 15.9. The van der Waals surface area contributed by atoms with Gasteiger partial charge in [-0.15, -0.1) is 0 Å². The van der Waals surface area contributed by atoms with Gasteiger partial charge in [0.15, 0.2) is 0 Å². The Balaban J connectivity index is 0.840. The number of nitriles is 2. The monoisotopic (exact) mass is 1070 g/mol. The second kappa shape index (κ2) is 25.0. The number of nitrogens with one attached hydrogen (secondary N) is 3. The number of nitrogens with zero attached hydrogens (tertiary/aromatic N) is 2. The van der Waals surface area contributed by atoms with Gasteiger partial charge in [-0.25, -0.2) is 8.78 Å². The van der Waals surface area contributed by atoms with Crippen molar-refractivity contribution in [3.63, 3.8) is 0 Å². The molecule has 73 heavy (non-hydrogen) atoms. The van der Waals surface area contributed by atoms with E-state index in [0.717, 1.165) is 6.07 Å². The maximum absolute atomic E-state index is 15.9. The molecular weight excluding hydrogens is 1000 g/mol. The Labute approximate surface area is 442 Å². The first kappa shape index (κ1) is 57.2. The fourth-order valence-electron chi connectivity index (χ4n) is 10.4. The number of hydrogen-bond donors (Lipinski definition) is 3. The molecule has 2 fully saturated rings. The lowest BCUT2D eigenvalue weighted by molar-refractivity contribution is -0.164. The first-order chi connectivity index (χ1) is 34.6. The van der Waals surface area contributed by atoms with Crippen LogP contribution in [0.2, 0.25) is 15.1 Å². The number of benzene rings is 4. The molecule has 1 saturated heterocycles. The van der Waals surface area contributed by atoms with E-state index >= 15 is 8.78 Å². The van der Waals surface area contributed by atoms with E-state index in [4.69, 9.17) is 63.2 Å². The van der Waals surface area contributed by atoms with Crippen LogP contribution in [0.4, 0.5) is 8.78 Å². The Morgan fingerprint density at radius 3 is 1.93 bits per heavy atom. The lowest BCUT2D eigenvalue weighted by Crippen LogP contribution is -2.74. The van der Waals surface area contributed by atoms with E-state index in [1.54, 1.807) is 48.5 Å². The van der Waals surface area contributed by atoms with Gasteiger partial charge in [0.25, 0.3) is 5.91 Å². The lowest BCUT2D eigenvalue weighted by Gasteiger charge is -2.63. The van der Waals surface area contributed by atoms with Crippen molar-refractivity contribution in [3.05, 3.63) is 128 Å². The molecule has 1 saturated carbocycles. The quantitative estimate of drug-likeness (QED) is 0.0570. The number of halogens is 5. The van der Waals surface area contributed by atoms with Crippen molar-refractivity contribution in [2.24, 2.45) is 16.2 Å². The number of ether oxygens (including phenoxy) is 6. The summed E-state index contributed by atoms with van der Waals surface area (Å²) in [5, 5.41) is 29.8. The third-order valence-electron chi connectivity index (χ3n) is 13.4. The Morgan fingerprint density at radius 2 is 1.36 bits per heavy atom. The summed E-state index contributed by atoms with van der Waals surface area (Å²) in [5.74, 6) is -2.23. The maximum Gasteiger partial charge on any atom is 0.251 e. The van der Waals surface area contributed by atoms with Gasteiger partial charge >= 0.3 is 0 Å². The van der Waals surface area contributed by atoms with Crippen LogP contribution in [0, 0.1) is 50.5 Å². The Hall–Kier alpha value is -5.07. The highest BCUT2D eigenvalue weighted by molar-refractivity contribution is 6.32. The van der Waals surface area contributed by atoms with E-state index in [-0.39, 0.29) is 71.0 Å². The summed E-state index contributed by atoms with van der Waals surface area (Å²) in [6, 6.07) is 22.7. The number of carbonyl (C=O) groups is 2. The van der Waals surface area contributed by atoms with Crippen LogP contribution in [0.3, 0.4) is 0 Å². The highest BCUT2D eigenvalue weighted by Crippen LogP contribution is 2.56. The average molecular weight is 1070 g/mol. The van der Waals surface area contributed by atoms with Gasteiger partial charge in [0.1, 0.15) is 47.3 Å². The molecule has 0 aromatic heterocycles. The van der Waals surface area contributed by atoms with Crippen molar-refractivity contribution in [2.45, 2.75) is 90.4 Å². The number of hydrogen-bond acceptors (Lipinski definition) is 11. The predicted molar refractivity (Wildman–Crippen MR) is 275 cm³/mol. The molecule has 1 aliphatic heterocycles. The topological polar surface area (TPSA) is 173 Å². The number of amides is 2. The summed E-state index contributed by atoms with van der Waals surface area (Å²) in [6.07, 6.45) is 0.137. The van der Waals surface area contributed by atoms with Gasteiger partial charge in [0.05, 0.1) is 80.6 Å². The van der Waals surface area contributed by atoms with Crippen molar-refractivity contribution in [3.8, 4) is 23.6 Å². The summed E-state index contributed by atoms with van der Waals surface area (Å²) >= 11 is 18.6. The second-order valence-electron chi connectivity index (χ2n) is 20.6. The molecule has 13 nitrogen and oxygen atoms in total. The average Bonchev–Trinajstić information content (AvgIpc) is 3.65. The first-order valence-corrected chi connectivity index (χ1v) is 25.3. The Kier molecular flexibility index (Phi) is 19.6. The molecule has 1 aliphatic carbocycles. The van der Waals surface area contributed by atoms with E-state index in [1.165, 1.54) is 24.3 Å².